The van der Waals surface area contributed by atoms with Gasteiger partial charge in [-0.2, -0.15) is 0 Å². The summed E-state index contributed by atoms with van der Waals surface area (Å²) in [6, 6.07) is 22.8. The third-order valence-corrected chi connectivity index (χ3v) is 6.32. The lowest BCUT2D eigenvalue weighted by Gasteiger charge is -2.12. The van der Waals surface area contributed by atoms with Crippen LogP contribution in [0, 0.1) is 6.92 Å². The summed E-state index contributed by atoms with van der Waals surface area (Å²) in [4.78, 5) is 22.7. The van der Waals surface area contributed by atoms with Gasteiger partial charge in [-0.05, 0) is 67.1 Å². The topological polar surface area (TPSA) is 68.5 Å². The molecule has 0 spiro atoms. The molecule has 0 bridgehead atoms. The van der Waals surface area contributed by atoms with Gasteiger partial charge in [-0.1, -0.05) is 18.2 Å². The highest BCUT2D eigenvalue weighted by atomic mass is 32.2. The molecule has 5 rings (SSSR count). The molecule has 0 aliphatic rings. The summed E-state index contributed by atoms with van der Waals surface area (Å²) in [6.45, 7) is 1.94. The Morgan fingerprint density at radius 3 is 2.76 bits per heavy atom. The lowest BCUT2D eigenvalue weighted by atomic mass is 10.1. The third-order valence-electron chi connectivity index (χ3n) is 5.22. The number of carbonyl (C=O) groups is 1. The molecule has 0 atom stereocenters. The minimum Gasteiger partial charge on any atom is -0.455 e. The molecule has 1 N–H and O–H groups in total. The van der Waals surface area contributed by atoms with Crippen LogP contribution in [0.25, 0.3) is 5.65 Å². The summed E-state index contributed by atoms with van der Waals surface area (Å²) in [5.74, 6) is 1.90. The average Bonchev–Trinajstić information content (AvgIpc) is 3.28. The van der Waals surface area contributed by atoms with Crippen LogP contribution in [0.3, 0.4) is 0 Å². The number of thioether (sulfide) groups is 1. The van der Waals surface area contributed by atoms with Crippen molar-refractivity contribution in [3.8, 4) is 11.5 Å². The molecule has 0 aliphatic carbocycles. The summed E-state index contributed by atoms with van der Waals surface area (Å²) in [6.07, 6.45) is 7.36. The highest BCUT2D eigenvalue weighted by Crippen LogP contribution is 2.29. The Labute approximate surface area is 201 Å². The molecule has 2 aromatic carbocycles. The number of imidazole rings is 1. The van der Waals surface area contributed by atoms with Gasteiger partial charge in [-0.25, -0.2) is 4.98 Å². The Balaban J connectivity index is 1.28. The number of hydrogen-bond acceptors (Lipinski definition) is 5. The molecule has 0 radical (unpaired) electrons. The maximum atomic E-state index is 13.1. The maximum absolute atomic E-state index is 13.1. The van der Waals surface area contributed by atoms with E-state index >= 15 is 0 Å². The Bertz CT molecular complexity index is 1420. The highest BCUT2D eigenvalue weighted by molar-refractivity contribution is 7.98. The number of carbonyl (C=O) groups excluding carboxylic acids is 1. The van der Waals surface area contributed by atoms with Crippen LogP contribution in [-0.4, -0.2) is 20.3 Å². The van der Waals surface area contributed by atoms with Crippen molar-refractivity contribution in [3.05, 3.63) is 114 Å². The van der Waals surface area contributed by atoms with Crippen LogP contribution in [0.4, 0.5) is 5.69 Å². The smallest absolute Gasteiger partial charge is 0.256 e. The van der Waals surface area contributed by atoms with Crippen LogP contribution in [0.1, 0.15) is 21.6 Å². The second-order valence-corrected chi connectivity index (χ2v) is 8.73. The normalized spacial score (nSPS) is 10.9. The van der Waals surface area contributed by atoms with E-state index in [1.807, 2.05) is 96.5 Å². The quantitative estimate of drug-likeness (QED) is 0.282. The largest absolute Gasteiger partial charge is 0.455 e. The van der Waals surface area contributed by atoms with E-state index in [-0.39, 0.29) is 5.91 Å². The van der Waals surface area contributed by atoms with Crippen molar-refractivity contribution in [3.63, 3.8) is 0 Å². The molecule has 3 heterocycles. The van der Waals surface area contributed by atoms with E-state index in [9.17, 15) is 4.79 Å². The van der Waals surface area contributed by atoms with Crippen LogP contribution in [0.2, 0.25) is 0 Å². The Hall–Kier alpha value is -4.10. The molecule has 0 unspecified atom stereocenters. The van der Waals surface area contributed by atoms with Gasteiger partial charge in [0.1, 0.15) is 17.1 Å². The number of benzene rings is 2. The Kier molecular flexibility index (Phi) is 6.27. The zero-order valence-corrected chi connectivity index (χ0v) is 19.3. The molecule has 6 nitrogen and oxygen atoms in total. The highest BCUT2D eigenvalue weighted by Gasteiger charge is 2.13. The number of fused-ring (bicyclic) bond motifs is 1. The first-order valence-electron chi connectivity index (χ1n) is 10.8. The molecular weight excluding hydrogens is 444 g/mol. The molecule has 0 saturated carbocycles. The molecular formula is C27H22N4O2S. The monoisotopic (exact) mass is 466 g/mol. The lowest BCUT2D eigenvalue weighted by molar-refractivity contribution is 0.102. The first kappa shape index (κ1) is 21.7. The van der Waals surface area contributed by atoms with E-state index in [4.69, 9.17) is 4.74 Å². The van der Waals surface area contributed by atoms with Gasteiger partial charge >= 0.3 is 0 Å². The van der Waals surface area contributed by atoms with Gasteiger partial charge in [0.25, 0.3) is 5.91 Å². The summed E-state index contributed by atoms with van der Waals surface area (Å²) >= 11 is 1.60. The number of nitrogens with one attached hydrogen (secondary N) is 1. The summed E-state index contributed by atoms with van der Waals surface area (Å²) in [7, 11) is 0. The predicted octanol–water partition coefficient (Wildman–Crippen LogP) is 6.37. The van der Waals surface area contributed by atoms with E-state index in [2.05, 4.69) is 15.3 Å². The van der Waals surface area contributed by atoms with Crippen LogP contribution in [0.15, 0.2) is 102 Å². The third kappa shape index (κ3) is 4.94. The lowest BCUT2D eigenvalue weighted by Crippen LogP contribution is -2.13. The number of ether oxygens (including phenoxy) is 1. The number of aryl methyl sites for hydroxylation is 1. The predicted molar refractivity (Wildman–Crippen MR) is 135 cm³/mol. The van der Waals surface area contributed by atoms with Crippen molar-refractivity contribution in [2.75, 3.05) is 5.32 Å². The van der Waals surface area contributed by atoms with Gasteiger partial charge in [0.05, 0.1) is 17.5 Å². The van der Waals surface area contributed by atoms with Gasteiger partial charge in [-0.15, -0.1) is 11.8 Å². The van der Waals surface area contributed by atoms with Crippen molar-refractivity contribution in [2.24, 2.45) is 0 Å². The number of aromatic nitrogens is 3. The first-order valence-corrected chi connectivity index (χ1v) is 11.8. The number of anilines is 1. The van der Waals surface area contributed by atoms with Gasteiger partial charge in [-0.3, -0.25) is 9.78 Å². The zero-order chi connectivity index (χ0) is 23.3. The van der Waals surface area contributed by atoms with E-state index in [0.29, 0.717) is 22.8 Å². The van der Waals surface area contributed by atoms with Crippen molar-refractivity contribution in [1.82, 2.24) is 14.4 Å². The standard InChI is InChI=1S/C27H22N4O2S/c1-19-15-20(11-12-24(19)33-22-7-6-13-28-16-22)30-27(32)23-8-2-3-9-25(23)34-18-21-17-31-14-5-4-10-26(31)29-21/h2-17H,18H2,1H3,(H,30,32). The average molecular weight is 467 g/mol. The van der Waals surface area contributed by atoms with E-state index in [1.165, 1.54) is 0 Å². The molecule has 1 amide bonds. The maximum Gasteiger partial charge on any atom is 0.256 e. The fourth-order valence-corrected chi connectivity index (χ4v) is 4.50. The molecule has 34 heavy (non-hydrogen) atoms. The van der Waals surface area contributed by atoms with Crippen molar-refractivity contribution in [2.45, 2.75) is 17.6 Å². The Morgan fingerprint density at radius 1 is 1.06 bits per heavy atom. The van der Waals surface area contributed by atoms with Crippen molar-refractivity contribution < 1.29 is 9.53 Å². The van der Waals surface area contributed by atoms with Gasteiger partial charge in [0, 0.05) is 34.9 Å². The summed E-state index contributed by atoms with van der Waals surface area (Å²) < 4.78 is 7.88. The van der Waals surface area contributed by atoms with Crippen molar-refractivity contribution in [1.29, 1.82) is 0 Å². The molecule has 0 fully saturated rings. The zero-order valence-electron chi connectivity index (χ0n) is 18.5. The second kappa shape index (κ2) is 9.80. The van der Waals surface area contributed by atoms with Gasteiger partial charge < -0.3 is 14.5 Å². The number of amides is 1. The van der Waals surface area contributed by atoms with Crippen LogP contribution in [-0.2, 0) is 5.75 Å². The minimum absolute atomic E-state index is 0.154. The molecule has 168 valence electrons. The second-order valence-electron chi connectivity index (χ2n) is 7.71. The number of hydrogen-bond donors (Lipinski definition) is 1. The molecule has 5 aromatic rings. The van der Waals surface area contributed by atoms with Gasteiger partial charge in [0.15, 0.2) is 0 Å². The molecule has 0 saturated heterocycles. The minimum atomic E-state index is -0.154. The molecule has 3 aromatic heterocycles. The molecule has 7 heteroatoms. The summed E-state index contributed by atoms with van der Waals surface area (Å²) in [5.41, 5.74) is 4.13. The molecule has 0 aliphatic heterocycles. The summed E-state index contributed by atoms with van der Waals surface area (Å²) in [5, 5.41) is 3.01. The van der Waals surface area contributed by atoms with Gasteiger partial charge in [0.2, 0.25) is 0 Å². The number of rotatable bonds is 7. The Morgan fingerprint density at radius 2 is 1.94 bits per heavy atom. The van der Waals surface area contributed by atoms with E-state index < -0.39 is 0 Å². The first-order chi connectivity index (χ1) is 16.7. The van der Waals surface area contributed by atoms with Crippen LogP contribution in [0.5, 0.6) is 11.5 Å². The fourth-order valence-electron chi connectivity index (χ4n) is 3.56. The number of pyridine rings is 2. The number of nitrogens with zero attached hydrogens (tertiary/aromatic N) is 3. The SMILES string of the molecule is Cc1cc(NC(=O)c2ccccc2SCc2cn3ccccc3n2)ccc1Oc1cccnc1. The van der Waals surface area contributed by atoms with E-state index in [0.717, 1.165) is 27.5 Å². The fraction of sp³-hybridized carbons (Fsp3) is 0.0741. The van der Waals surface area contributed by atoms with Crippen LogP contribution < -0.4 is 10.1 Å². The van der Waals surface area contributed by atoms with E-state index in [1.54, 1.807) is 24.2 Å². The van der Waals surface area contributed by atoms with Crippen LogP contribution >= 0.6 is 11.8 Å². The van der Waals surface area contributed by atoms with Crippen molar-refractivity contribution >= 4 is 29.0 Å².